The van der Waals surface area contributed by atoms with Crippen LogP contribution in [0.4, 0.5) is 10.1 Å². The minimum Gasteiger partial charge on any atom is -0.345 e. The molecule has 0 unspecified atom stereocenters. The van der Waals surface area contributed by atoms with Crippen LogP contribution in [0.5, 0.6) is 0 Å². The first-order valence-corrected chi connectivity index (χ1v) is 10.5. The van der Waals surface area contributed by atoms with Crippen molar-refractivity contribution < 1.29 is 14.0 Å². The Hall–Kier alpha value is -2.91. The SMILES string of the molecule is CCn1c(CNC(=O)c2ccccc2F)nnc1SCC(=O)Nc1ccccc1Cl. The molecule has 0 atom stereocenters. The smallest absolute Gasteiger partial charge is 0.254 e. The Morgan fingerprint density at radius 3 is 2.60 bits per heavy atom. The molecule has 0 bridgehead atoms. The van der Waals surface area contributed by atoms with E-state index in [2.05, 4.69) is 20.8 Å². The van der Waals surface area contributed by atoms with Gasteiger partial charge in [0.1, 0.15) is 5.82 Å². The molecular weight excluding hydrogens is 429 g/mol. The highest BCUT2D eigenvalue weighted by Crippen LogP contribution is 2.22. The molecule has 0 spiro atoms. The van der Waals surface area contributed by atoms with Gasteiger partial charge in [-0.15, -0.1) is 10.2 Å². The predicted octanol–water partition coefficient (Wildman–Crippen LogP) is 3.75. The minimum atomic E-state index is -0.590. The van der Waals surface area contributed by atoms with Crippen LogP contribution in [0.25, 0.3) is 0 Å². The summed E-state index contributed by atoms with van der Waals surface area (Å²) in [7, 11) is 0. The zero-order chi connectivity index (χ0) is 21.5. The Morgan fingerprint density at radius 1 is 1.13 bits per heavy atom. The minimum absolute atomic E-state index is 0.0362. The average Bonchev–Trinajstić information content (AvgIpc) is 3.14. The maximum Gasteiger partial charge on any atom is 0.254 e. The van der Waals surface area contributed by atoms with Crippen LogP contribution in [-0.2, 0) is 17.9 Å². The Morgan fingerprint density at radius 2 is 1.87 bits per heavy atom. The molecule has 156 valence electrons. The topological polar surface area (TPSA) is 88.9 Å². The normalized spacial score (nSPS) is 10.6. The van der Waals surface area contributed by atoms with E-state index in [4.69, 9.17) is 11.6 Å². The van der Waals surface area contributed by atoms with Gasteiger partial charge in [-0.05, 0) is 31.2 Å². The lowest BCUT2D eigenvalue weighted by atomic mass is 10.2. The summed E-state index contributed by atoms with van der Waals surface area (Å²) in [4.78, 5) is 24.4. The van der Waals surface area contributed by atoms with Crippen LogP contribution in [-0.4, -0.2) is 32.3 Å². The van der Waals surface area contributed by atoms with Crippen molar-refractivity contribution in [1.82, 2.24) is 20.1 Å². The molecule has 0 aliphatic heterocycles. The number of halogens is 2. The van der Waals surface area contributed by atoms with Crippen molar-refractivity contribution in [2.45, 2.75) is 25.2 Å². The molecule has 0 radical (unpaired) electrons. The molecule has 0 aliphatic carbocycles. The molecule has 2 aromatic carbocycles. The fraction of sp³-hybridized carbons (Fsp3) is 0.200. The van der Waals surface area contributed by atoms with Crippen LogP contribution in [0.2, 0.25) is 5.02 Å². The van der Waals surface area contributed by atoms with Gasteiger partial charge in [-0.2, -0.15) is 0 Å². The summed E-state index contributed by atoms with van der Waals surface area (Å²) in [5.74, 6) is -0.727. The third-order valence-corrected chi connectivity index (χ3v) is 5.41. The molecular formula is C20H19ClFN5O2S. The Labute approximate surface area is 182 Å². The zero-order valence-corrected chi connectivity index (χ0v) is 17.6. The van der Waals surface area contributed by atoms with E-state index in [-0.39, 0.29) is 23.8 Å². The van der Waals surface area contributed by atoms with Gasteiger partial charge in [-0.1, -0.05) is 47.6 Å². The molecule has 30 heavy (non-hydrogen) atoms. The molecule has 0 fully saturated rings. The first kappa shape index (κ1) is 21.8. The monoisotopic (exact) mass is 447 g/mol. The summed E-state index contributed by atoms with van der Waals surface area (Å²) in [5.41, 5.74) is 0.504. The number of hydrogen-bond donors (Lipinski definition) is 2. The van der Waals surface area contributed by atoms with Crippen LogP contribution in [0.1, 0.15) is 23.1 Å². The van der Waals surface area contributed by atoms with Gasteiger partial charge < -0.3 is 15.2 Å². The summed E-state index contributed by atoms with van der Waals surface area (Å²) in [6.07, 6.45) is 0. The van der Waals surface area contributed by atoms with Crippen LogP contribution in [0, 0.1) is 5.82 Å². The fourth-order valence-corrected chi connectivity index (χ4v) is 3.66. The molecule has 2 N–H and O–H groups in total. The summed E-state index contributed by atoms with van der Waals surface area (Å²) in [6.45, 7) is 2.53. The van der Waals surface area contributed by atoms with E-state index in [1.54, 1.807) is 34.9 Å². The number of carbonyl (C=O) groups excluding carboxylic acids is 2. The van der Waals surface area contributed by atoms with E-state index in [0.29, 0.717) is 28.2 Å². The van der Waals surface area contributed by atoms with Gasteiger partial charge in [0.05, 0.1) is 28.6 Å². The summed E-state index contributed by atoms with van der Waals surface area (Å²) < 4.78 is 15.5. The van der Waals surface area contributed by atoms with Crippen molar-refractivity contribution in [1.29, 1.82) is 0 Å². The summed E-state index contributed by atoms with van der Waals surface area (Å²) >= 11 is 7.27. The van der Waals surface area contributed by atoms with Crippen LogP contribution < -0.4 is 10.6 Å². The second-order valence-corrected chi connectivity index (χ2v) is 7.47. The predicted molar refractivity (Wildman–Crippen MR) is 114 cm³/mol. The van der Waals surface area contributed by atoms with Gasteiger partial charge in [0.15, 0.2) is 11.0 Å². The van der Waals surface area contributed by atoms with Gasteiger partial charge in [0.25, 0.3) is 5.91 Å². The van der Waals surface area contributed by atoms with Gasteiger partial charge in [-0.25, -0.2) is 4.39 Å². The van der Waals surface area contributed by atoms with Crippen LogP contribution in [0.3, 0.4) is 0 Å². The number of thioether (sulfide) groups is 1. The molecule has 3 rings (SSSR count). The van der Waals surface area contributed by atoms with E-state index in [1.165, 1.54) is 30.0 Å². The largest absolute Gasteiger partial charge is 0.345 e. The second kappa shape index (κ2) is 10.2. The first-order chi connectivity index (χ1) is 14.5. The highest BCUT2D eigenvalue weighted by Gasteiger charge is 2.16. The molecule has 1 heterocycles. The number of carbonyl (C=O) groups is 2. The van der Waals surface area contributed by atoms with E-state index >= 15 is 0 Å². The van der Waals surface area contributed by atoms with E-state index < -0.39 is 11.7 Å². The number of amides is 2. The fourth-order valence-electron chi connectivity index (χ4n) is 2.65. The van der Waals surface area contributed by atoms with E-state index in [9.17, 15) is 14.0 Å². The molecule has 0 saturated heterocycles. The number of nitrogens with one attached hydrogen (secondary N) is 2. The lowest BCUT2D eigenvalue weighted by Crippen LogP contribution is -2.25. The molecule has 0 saturated carbocycles. The zero-order valence-electron chi connectivity index (χ0n) is 16.1. The standard InChI is InChI=1S/C20H19ClFN5O2S/c1-2-27-17(11-23-19(29)13-7-3-5-9-15(13)22)25-26-20(27)30-12-18(28)24-16-10-6-4-8-14(16)21/h3-10H,2,11-12H2,1H3,(H,23,29)(H,24,28). The Kier molecular flexibility index (Phi) is 7.42. The highest BCUT2D eigenvalue weighted by atomic mass is 35.5. The lowest BCUT2D eigenvalue weighted by Gasteiger charge is -2.09. The number of hydrogen-bond acceptors (Lipinski definition) is 5. The lowest BCUT2D eigenvalue weighted by molar-refractivity contribution is -0.113. The molecule has 0 aliphatic rings. The first-order valence-electron chi connectivity index (χ1n) is 9.11. The number of benzene rings is 2. The highest BCUT2D eigenvalue weighted by molar-refractivity contribution is 7.99. The molecule has 7 nitrogen and oxygen atoms in total. The third kappa shape index (κ3) is 5.37. The van der Waals surface area contributed by atoms with Gasteiger partial charge in [-0.3, -0.25) is 9.59 Å². The van der Waals surface area contributed by atoms with Crippen molar-refractivity contribution in [2.24, 2.45) is 0 Å². The molecule has 2 amide bonds. The molecule has 1 aromatic heterocycles. The molecule has 10 heteroatoms. The Balaban J connectivity index is 1.58. The van der Waals surface area contributed by atoms with E-state index in [0.717, 1.165) is 0 Å². The van der Waals surface area contributed by atoms with Crippen molar-refractivity contribution in [3.63, 3.8) is 0 Å². The van der Waals surface area contributed by atoms with Gasteiger partial charge in [0.2, 0.25) is 5.91 Å². The second-order valence-electron chi connectivity index (χ2n) is 6.12. The average molecular weight is 448 g/mol. The molecule has 3 aromatic rings. The summed E-state index contributed by atoms with van der Waals surface area (Å²) in [5, 5.41) is 14.6. The maximum absolute atomic E-state index is 13.7. The van der Waals surface area contributed by atoms with Crippen LogP contribution >= 0.6 is 23.4 Å². The maximum atomic E-state index is 13.7. The number of aromatic nitrogens is 3. The van der Waals surface area contributed by atoms with Crippen molar-refractivity contribution in [3.8, 4) is 0 Å². The number of nitrogens with zero attached hydrogens (tertiary/aromatic N) is 3. The third-order valence-electron chi connectivity index (χ3n) is 4.12. The van der Waals surface area contributed by atoms with Crippen molar-refractivity contribution >= 4 is 40.9 Å². The number of anilines is 1. The van der Waals surface area contributed by atoms with Gasteiger partial charge in [0, 0.05) is 6.54 Å². The number of rotatable bonds is 8. The van der Waals surface area contributed by atoms with Crippen molar-refractivity contribution in [3.05, 3.63) is 70.8 Å². The Bertz CT molecular complexity index is 1060. The number of para-hydroxylation sites is 1. The van der Waals surface area contributed by atoms with E-state index in [1.807, 2.05) is 6.92 Å². The van der Waals surface area contributed by atoms with Gasteiger partial charge >= 0.3 is 0 Å². The van der Waals surface area contributed by atoms with Crippen LogP contribution in [0.15, 0.2) is 53.7 Å². The summed E-state index contributed by atoms with van der Waals surface area (Å²) in [6, 6.07) is 12.7. The quantitative estimate of drug-likeness (QED) is 0.513. The van der Waals surface area contributed by atoms with Crippen molar-refractivity contribution in [2.75, 3.05) is 11.1 Å².